The molecule has 2 aliphatic rings. The first-order valence-electron chi connectivity index (χ1n) is 7.89. The largest absolute Gasteiger partial charge is 0.341 e. The van der Waals surface area contributed by atoms with E-state index in [1.54, 1.807) is 11.9 Å². The predicted molar refractivity (Wildman–Crippen MR) is 78.3 cm³/mol. The third-order valence-electron chi connectivity index (χ3n) is 4.42. The number of hydrogen-bond donors (Lipinski definition) is 1. The number of likely N-dealkylation sites (N-methyl/N-ethyl adjacent to an activating group) is 1. The molecule has 114 valence electrons. The highest BCUT2D eigenvalue weighted by molar-refractivity contribution is 5.84. The fourth-order valence-corrected chi connectivity index (χ4v) is 3.05. The van der Waals surface area contributed by atoms with E-state index in [4.69, 9.17) is 0 Å². The monoisotopic (exact) mass is 281 g/mol. The summed E-state index contributed by atoms with van der Waals surface area (Å²) in [5.41, 5.74) is 0. The lowest BCUT2D eigenvalue weighted by atomic mass is 9.94. The molecule has 5 nitrogen and oxygen atoms in total. The van der Waals surface area contributed by atoms with Crippen LogP contribution in [-0.4, -0.2) is 61.4 Å². The van der Waals surface area contributed by atoms with Crippen molar-refractivity contribution in [1.82, 2.24) is 15.1 Å². The fraction of sp³-hybridized carbons (Fsp3) is 0.867. The number of piperidine rings is 1. The smallest absolute Gasteiger partial charge is 0.242 e. The van der Waals surface area contributed by atoms with Crippen molar-refractivity contribution < 1.29 is 9.59 Å². The van der Waals surface area contributed by atoms with Crippen LogP contribution in [0.15, 0.2) is 0 Å². The van der Waals surface area contributed by atoms with Crippen LogP contribution in [-0.2, 0) is 9.59 Å². The lowest BCUT2D eigenvalue weighted by molar-refractivity contribution is -0.139. The summed E-state index contributed by atoms with van der Waals surface area (Å²) in [5, 5.41) is 3.37. The zero-order valence-corrected chi connectivity index (χ0v) is 12.6. The lowest BCUT2D eigenvalue weighted by Crippen LogP contribution is -2.40. The second kappa shape index (κ2) is 7.62. The highest BCUT2D eigenvalue weighted by atomic mass is 16.2. The number of amides is 2. The van der Waals surface area contributed by atoms with Gasteiger partial charge in [-0.05, 0) is 51.1 Å². The minimum absolute atomic E-state index is 0.0951. The third-order valence-corrected chi connectivity index (χ3v) is 4.42. The molecule has 0 spiro atoms. The van der Waals surface area contributed by atoms with E-state index in [0.717, 1.165) is 45.4 Å². The van der Waals surface area contributed by atoms with Crippen molar-refractivity contribution in [2.45, 2.75) is 38.5 Å². The second-order valence-corrected chi connectivity index (χ2v) is 6.09. The SMILES string of the molecule is CN(CC(=O)N1CCCC1)C(=O)CCC1CCCNC1. The molecule has 0 aromatic carbocycles. The second-order valence-electron chi connectivity index (χ2n) is 6.09. The van der Waals surface area contributed by atoms with E-state index >= 15 is 0 Å². The van der Waals surface area contributed by atoms with Gasteiger partial charge in [-0.1, -0.05) is 0 Å². The Morgan fingerprint density at radius 2 is 2.00 bits per heavy atom. The van der Waals surface area contributed by atoms with Crippen LogP contribution in [0.4, 0.5) is 0 Å². The van der Waals surface area contributed by atoms with Crippen LogP contribution in [0.1, 0.15) is 38.5 Å². The van der Waals surface area contributed by atoms with Crippen molar-refractivity contribution in [2.24, 2.45) is 5.92 Å². The summed E-state index contributed by atoms with van der Waals surface area (Å²) >= 11 is 0. The highest BCUT2D eigenvalue weighted by Gasteiger charge is 2.22. The topological polar surface area (TPSA) is 52.7 Å². The van der Waals surface area contributed by atoms with Gasteiger partial charge in [-0.15, -0.1) is 0 Å². The van der Waals surface area contributed by atoms with Crippen molar-refractivity contribution in [2.75, 3.05) is 39.8 Å². The summed E-state index contributed by atoms with van der Waals surface area (Å²) in [6.45, 7) is 4.09. The molecule has 2 amide bonds. The Kier molecular flexibility index (Phi) is 5.83. The van der Waals surface area contributed by atoms with Crippen molar-refractivity contribution in [3.63, 3.8) is 0 Å². The summed E-state index contributed by atoms with van der Waals surface area (Å²) in [5.74, 6) is 0.816. The van der Waals surface area contributed by atoms with Gasteiger partial charge in [0.05, 0.1) is 6.54 Å². The first kappa shape index (κ1) is 15.3. The maximum absolute atomic E-state index is 12.1. The molecule has 5 heteroatoms. The van der Waals surface area contributed by atoms with Crippen molar-refractivity contribution in [1.29, 1.82) is 0 Å². The van der Waals surface area contributed by atoms with Gasteiger partial charge >= 0.3 is 0 Å². The van der Waals surface area contributed by atoms with Crippen LogP contribution in [0.25, 0.3) is 0 Å². The van der Waals surface area contributed by atoms with Crippen LogP contribution in [0, 0.1) is 5.92 Å². The maximum atomic E-state index is 12.1. The molecule has 1 atom stereocenters. The Labute approximate surface area is 121 Å². The molecular weight excluding hydrogens is 254 g/mol. The van der Waals surface area contributed by atoms with Crippen LogP contribution < -0.4 is 5.32 Å². The van der Waals surface area contributed by atoms with E-state index in [0.29, 0.717) is 12.3 Å². The minimum Gasteiger partial charge on any atom is -0.341 e. The molecule has 1 unspecified atom stereocenters. The first-order chi connectivity index (χ1) is 9.66. The molecule has 2 rings (SSSR count). The number of rotatable bonds is 5. The molecular formula is C15H27N3O2. The molecule has 0 bridgehead atoms. The van der Waals surface area contributed by atoms with Gasteiger partial charge in [0.25, 0.3) is 0 Å². The van der Waals surface area contributed by atoms with Gasteiger partial charge in [-0.3, -0.25) is 9.59 Å². The molecule has 0 aromatic heterocycles. The fourth-order valence-electron chi connectivity index (χ4n) is 3.05. The number of carbonyl (C=O) groups is 2. The van der Waals surface area contributed by atoms with Gasteiger partial charge in [0.15, 0.2) is 0 Å². The number of nitrogens with zero attached hydrogens (tertiary/aromatic N) is 2. The molecule has 2 saturated heterocycles. The number of hydrogen-bond acceptors (Lipinski definition) is 3. The predicted octanol–water partition coefficient (Wildman–Crippen LogP) is 0.847. The summed E-state index contributed by atoms with van der Waals surface area (Å²) in [6.07, 6.45) is 6.12. The molecule has 0 aliphatic carbocycles. The summed E-state index contributed by atoms with van der Waals surface area (Å²) in [4.78, 5) is 27.5. The first-order valence-corrected chi connectivity index (χ1v) is 7.89. The van der Waals surface area contributed by atoms with Crippen LogP contribution >= 0.6 is 0 Å². The molecule has 0 aromatic rings. The van der Waals surface area contributed by atoms with Gasteiger partial charge < -0.3 is 15.1 Å². The number of nitrogens with one attached hydrogen (secondary N) is 1. The van der Waals surface area contributed by atoms with Crippen molar-refractivity contribution in [3.8, 4) is 0 Å². The van der Waals surface area contributed by atoms with Crippen molar-refractivity contribution >= 4 is 11.8 Å². The van der Waals surface area contributed by atoms with Crippen LogP contribution in [0.3, 0.4) is 0 Å². The van der Waals surface area contributed by atoms with Crippen LogP contribution in [0.2, 0.25) is 0 Å². The average molecular weight is 281 g/mol. The van der Waals surface area contributed by atoms with Gasteiger partial charge in [0.1, 0.15) is 0 Å². The average Bonchev–Trinajstić information content (AvgIpc) is 3.00. The standard InChI is InChI=1S/C15H27N3O2/c1-17(12-15(20)18-9-2-3-10-18)14(19)7-6-13-5-4-8-16-11-13/h13,16H,2-12H2,1H3. The van der Waals surface area contributed by atoms with Crippen LogP contribution in [0.5, 0.6) is 0 Å². The molecule has 0 radical (unpaired) electrons. The van der Waals surface area contributed by atoms with Gasteiger partial charge in [0.2, 0.25) is 11.8 Å². The highest BCUT2D eigenvalue weighted by Crippen LogP contribution is 2.16. The Morgan fingerprint density at radius 1 is 1.25 bits per heavy atom. The Hall–Kier alpha value is -1.10. The number of likely N-dealkylation sites (tertiary alicyclic amines) is 1. The Bertz CT molecular complexity index is 334. The quantitative estimate of drug-likeness (QED) is 0.813. The molecule has 1 N–H and O–H groups in total. The summed E-state index contributed by atoms with van der Waals surface area (Å²) in [7, 11) is 1.75. The minimum atomic E-state index is 0.0951. The van der Waals surface area contributed by atoms with E-state index in [9.17, 15) is 9.59 Å². The normalized spacial score (nSPS) is 22.9. The molecule has 2 aliphatic heterocycles. The van der Waals surface area contributed by atoms with E-state index < -0.39 is 0 Å². The van der Waals surface area contributed by atoms with Crippen molar-refractivity contribution in [3.05, 3.63) is 0 Å². The Balaban J connectivity index is 1.66. The van der Waals surface area contributed by atoms with E-state index in [1.165, 1.54) is 12.8 Å². The van der Waals surface area contributed by atoms with E-state index in [-0.39, 0.29) is 18.4 Å². The van der Waals surface area contributed by atoms with Gasteiger partial charge in [0, 0.05) is 26.6 Å². The molecule has 20 heavy (non-hydrogen) atoms. The third kappa shape index (κ3) is 4.47. The Morgan fingerprint density at radius 3 is 2.65 bits per heavy atom. The number of carbonyl (C=O) groups excluding carboxylic acids is 2. The summed E-state index contributed by atoms with van der Waals surface area (Å²) < 4.78 is 0. The maximum Gasteiger partial charge on any atom is 0.242 e. The molecule has 2 fully saturated rings. The van der Waals surface area contributed by atoms with E-state index in [1.807, 2.05) is 4.90 Å². The summed E-state index contributed by atoms with van der Waals surface area (Å²) in [6, 6.07) is 0. The zero-order chi connectivity index (χ0) is 14.4. The van der Waals surface area contributed by atoms with Gasteiger partial charge in [-0.25, -0.2) is 0 Å². The van der Waals surface area contributed by atoms with E-state index in [2.05, 4.69) is 5.32 Å². The zero-order valence-electron chi connectivity index (χ0n) is 12.6. The van der Waals surface area contributed by atoms with Gasteiger partial charge in [-0.2, -0.15) is 0 Å². The molecule has 0 saturated carbocycles. The lowest BCUT2D eigenvalue weighted by Gasteiger charge is -2.24. The molecule has 2 heterocycles.